The Labute approximate surface area is 182 Å². The number of carbonyl (C=O) groups is 2. The average Bonchev–Trinajstić information content (AvgIpc) is 2.86. The molecule has 0 radical (unpaired) electrons. The molecule has 0 spiro atoms. The van der Waals surface area contributed by atoms with E-state index in [2.05, 4.69) is 5.32 Å². The largest absolute Gasteiger partial charge is 0.325 e. The number of hydrogen-bond acceptors (Lipinski definition) is 3. The second kappa shape index (κ2) is 9.61. The standard InChI is InChI=1S/C22H24ClN3O2.ClH/c23-19-7-5-17(6-8-19)22(28)25-14-18-3-1-2-4-20(18)26(21(27)15-25)13-16-9-11-24-12-10-16;/h1-8,16,24H,9-15H2;1H. The van der Waals surface area contributed by atoms with Crippen molar-refractivity contribution in [2.24, 2.45) is 5.92 Å². The Morgan fingerprint density at radius 1 is 1.03 bits per heavy atom. The van der Waals surface area contributed by atoms with Gasteiger partial charge in [-0.05, 0) is 67.7 Å². The quantitative estimate of drug-likeness (QED) is 0.801. The number of nitrogens with zero attached hydrogens (tertiary/aromatic N) is 2. The molecule has 154 valence electrons. The van der Waals surface area contributed by atoms with E-state index in [1.807, 2.05) is 29.2 Å². The molecular formula is C22H25Cl2N3O2. The van der Waals surface area contributed by atoms with E-state index in [0.717, 1.165) is 37.2 Å². The van der Waals surface area contributed by atoms with Gasteiger partial charge in [0.2, 0.25) is 5.91 Å². The van der Waals surface area contributed by atoms with Gasteiger partial charge in [-0.3, -0.25) is 9.59 Å². The summed E-state index contributed by atoms with van der Waals surface area (Å²) in [5, 5.41) is 3.96. The Morgan fingerprint density at radius 3 is 2.45 bits per heavy atom. The molecular weight excluding hydrogens is 409 g/mol. The van der Waals surface area contributed by atoms with Gasteiger partial charge in [0.25, 0.3) is 5.91 Å². The van der Waals surface area contributed by atoms with Crippen LogP contribution in [-0.4, -0.2) is 42.9 Å². The SMILES string of the molecule is Cl.O=C(c1ccc(Cl)cc1)N1CC(=O)N(CC2CCNCC2)c2ccccc2C1. The number of piperidine rings is 1. The minimum Gasteiger partial charge on any atom is -0.325 e. The van der Waals surface area contributed by atoms with Gasteiger partial charge in [0.15, 0.2) is 0 Å². The van der Waals surface area contributed by atoms with E-state index in [9.17, 15) is 9.59 Å². The van der Waals surface area contributed by atoms with Crippen LogP contribution in [0.3, 0.4) is 0 Å². The summed E-state index contributed by atoms with van der Waals surface area (Å²) in [4.78, 5) is 29.7. The summed E-state index contributed by atoms with van der Waals surface area (Å²) in [6.07, 6.45) is 2.14. The highest BCUT2D eigenvalue weighted by atomic mass is 35.5. The molecule has 0 atom stereocenters. The van der Waals surface area contributed by atoms with Gasteiger partial charge in [-0.1, -0.05) is 29.8 Å². The molecule has 2 aromatic rings. The number of anilines is 1. The molecule has 0 unspecified atom stereocenters. The number of rotatable bonds is 3. The molecule has 5 nitrogen and oxygen atoms in total. The van der Waals surface area contributed by atoms with Crippen molar-refractivity contribution in [2.75, 3.05) is 31.1 Å². The molecule has 1 fully saturated rings. The highest BCUT2D eigenvalue weighted by Gasteiger charge is 2.30. The molecule has 0 aromatic heterocycles. The first-order valence-corrected chi connectivity index (χ1v) is 10.1. The van der Waals surface area contributed by atoms with Crippen LogP contribution in [-0.2, 0) is 11.3 Å². The number of hydrogen-bond donors (Lipinski definition) is 1. The normalized spacial score (nSPS) is 17.3. The molecule has 2 aromatic carbocycles. The van der Waals surface area contributed by atoms with E-state index >= 15 is 0 Å². The zero-order valence-electron chi connectivity index (χ0n) is 16.1. The first-order valence-electron chi connectivity index (χ1n) is 9.75. The third-order valence-electron chi connectivity index (χ3n) is 5.55. The third kappa shape index (κ3) is 4.92. The van der Waals surface area contributed by atoms with E-state index < -0.39 is 0 Å². The first-order chi connectivity index (χ1) is 13.6. The zero-order valence-corrected chi connectivity index (χ0v) is 17.7. The molecule has 2 amide bonds. The van der Waals surface area contributed by atoms with Crippen molar-refractivity contribution in [1.82, 2.24) is 10.2 Å². The van der Waals surface area contributed by atoms with Gasteiger partial charge in [0.05, 0.1) is 0 Å². The van der Waals surface area contributed by atoms with Gasteiger partial charge in [-0.25, -0.2) is 0 Å². The maximum absolute atomic E-state index is 13.1. The molecule has 1 N–H and O–H groups in total. The molecule has 2 aliphatic rings. The minimum absolute atomic E-state index is 0. The molecule has 2 aliphatic heterocycles. The Morgan fingerprint density at radius 2 is 1.72 bits per heavy atom. The van der Waals surface area contributed by atoms with E-state index in [0.29, 0.717) is 29.6 Å². The zero-order chi connectivity index (χ0) is 19.5. The van der Waals surface area contributed by atoms with Crippen LogP contribution in [0.25, 0.3) is 0 Å². The van der Waals surface area contributed by atoms with Crippen LogP contribution >= 0.6 is 24.0 Å². The first kappa shape index (κ1) is 21.6. The summed E-state index contributed by atoms with van der Waals surface area (Å²) in [5.41, 5.74) is 2.48. The summed E-state index contributed by atoms with van der Waals surface area (Å²) < 4.78 is 0. The van der Waals surface area contributed by atoms with Crippen LogP contribution in [0.5, 0.6) is 0 Å². The lowest BCUT2D eigenvalue weighted by molar-refractivity contribution is -0.119. The van der Waals surface area contributed by atoms with Gasteiger partial charge in [0.1, 0.15) is 6.54 Å². The maximum Gasteiger partial charge on any atom is 0.254 e. The Balaban J connectivity index is 0.00000240. The van der Waals surface area contributed by atoms with Gasteiger partial charge in [-0.2, -0.15) is 0 Å². The van der Waals surface area contributed by atoms with Crippen LogP contribution in [0.15, 0.2) is 48.5 Å². The van der Waals surface area contributed by atoms with E-state index in [4.69, 9.17) is 11.6 Å². The molecule has 4 rings (SSSR count). The fraction of sp³-hybridized carbons (Fsp3) is 0.364. The summed E-state index contributed by atoms with van der Waals surface area (Å²) in [5.74, 6) is 0.311. The number of nitrogens with one attached hydrogen (secondary N) is 1. The number of amides is 2. The van der Waals surface area contributed by atoms with Crippen molar-refractivity contribution in [1.29, 1.82) is 0 Å². The number of para-hydroxylation sites is 1. The minimum atomic E-state index is -0.150. The maximum atomic E-state index is 13.1. The van der Waals surface area contributed by atoms with E-state index in [1.165, 1.54) is 0 Å². The van der Waals surface area contributed by atoms with Crippen LogP contribution < -0.4 is 10.2 Å². The molecule has 29 heavy (non-hydrogen) atoms. The van der Waals surface area contributed by atoms with Crippen molar-refractivity contribution in [3.63, 3.8) is 0 Å². The van der Waals surface area contributed by atoms with Crippen LogP contribution in [0, 0.1) is 5.92 Å². The summed E-state index contributed by atoms with van der Waals surface area (Å²) in [7, 11) is 0. The second-order valence-electron chi connectivity index (χ2n) is 7.49. The summed E-state index contributed by atoms with van der Waals surface area (Å²) >= 11 is 5.94. The van der Waals surface area contributed by atoms with Gasteiger partial charge in [-0.15, -0.1) is 12.4 Å². The third-order valence-corrected chi connectivity index (χ3v) is 5.80. The predicted octanol–water partition coefficient (Wildman–Crippen LogP) is 3.75. The number of halogens is 2. The number of carbonyl (C=O) groups excluding carboxylic acids is 2. The van der Waals surface area contributed by atoms with Crippen LogP contribution in [0.4, 0.5) is 5.69 Å². The van der Waals surface area contributed by atoms with E-state index in [-0.39, 0.29) is 30.8 Å². The van der Waals surface area contributed by atoms with Crippen LogP contribution in [0.2, 0.25) is 5.02 Å². The molecule has 2 heterocycles. The smallest absolute Gasteiger partial charge is 0.254 e. The lowest BCUT2D eigenvalue weighted by atomic mass is 9.97. The summed E-state index contributed by atoms with van der Waals surface area (Å²) in [6.45, 7) is 3.21. The number of benzene rings is 2. The summed E-state index contributed by atoms with van der Waals surface area (Å²) in [6, 6.07) is 14.7. The fourth-order valence-corrected chi connectivity index (χ4v) is 4.12. The highest BCUT2D eigenvalue weighted by molar-refractivity contribution is 6.30. The lowest BCUT2D eigenvalue weighted by Crippen LogP contribution is -2.43. The second-order valence-corrected chi connectivity index (χ2v) is 7.93. The van der Waals surface area contributed by atoms with Crippen molar-refractivity contribution in [2.45, 2.75) is 19.4 Å². The van der Waals surface area contributed by atoms with E-state index in [1.54, 1.807) is 29.2 Å². The van der Waals surface area contributed by atoms with Crippen molar-refractivity contribution < 1.29 is 9.59 Å². The molecule has 1 saturated heterocycles. The fourth-order valence-electron chi connectivity index (χ4n) is 3.99. The Kier molecular flexibility index (Phi) is 7.17. The van der Waals surface area contributed by atoms with Crippen molar-refractivity contribution in [3.05, 3.63) is 64.7 Å². The number of fused-ring (bicyclic) bond motifs is 1. The highest BCUT2D eigenvalue weighted by Crippen LogP contribution is 2.28. The monoisotopic (exact) mass is 433 g/mol. The molecule has 7 heteroatoms. The average molecular weight is 434 g/mol. The molecule has 0 bridgehead atoms. The van der Waals surface area contributed by atoms with Crippen LogP contribution in [0.1, 0.15) is 28.8 Å². The lowest BCUT2D eigenvalue weighted by Gasteiger charge is -2.30. The van der Waals surface area contributed by atoms with Crippen molar-refractivity contribution >= 4 is 41.5 Å². The predicted molar refractivity (Wildman–Crippen MR) is 118 cm³/mol. The molecule has 0 aliphatic carbocycles. The Bertz CT molecular complexity index is 867. The van der Waals surface area contributed by atoms with Gasteiger partial charge >= 0.3 is 0 Å². The molecule has 0 saturated carbocycles. The van der Waals surface area contributed by atoms with Crippen molar-refractivity contribution in [3.8, 4) is 0 Å². The van der Waals surface area contributed by atoms with Gasteiger partial charge < -0.3 is 15.1 Å². The van der Waals surface area contributed by atoms with Gasteiger partial charge in [0, 0.05) is 29.4 Å². The topological polar surface area (TPSA) is 52.7 Å². The Hall–Kier alpha value is -2.08.